The molecular weight excluding hydrogens is 226 g/mol. The van der Waals surface area contributed by atoms with Crippen LogP contribution in [0.3, 0.4) is 0 Å². The minimum Gasteiger partial charge on any atom is -0.495 e. The Hall–Kier alpha value is -0.930. The fraction of sp³-hybridized carbons (Fsp3) is 0.500. The van der Waals surface area contributed by atoms with Gasteiger partial charge in [0.1, 0.15) is 5.75 Å². The molecule has 1 aliphatic rings. The molecule has 0 aromatic heterocycles. The zero-order valence-electron chi connectivity index (χ0n) is 9.55. The quantitative estimate of drug-likeness (QED) is 0.879. The molecule has 4 heteroatoms. The average molecular weight is 242 g/mol. The lowest BCUT2D eigenvalue weighted by Crippen LogP contribution is -2.45. The van der Waals surface area contributed by atoms with Crippen LogP contribution < -0.4 is 10.1 Å². The first-order valence-corrected chi connectivity index (χ1v) is 5.66. The van der Waals surface area contributed by atoms with Crippen LogP contribution in [0.15, 0.2) is 18.2 Å². The van der Waals surface area contributed by atoms with Gasteiger partial charge in [-0.15, -0.1) is 0 Å². The number of hydrogen-bond acceptors (Lipinski definition) is 3. The molecule has 0 aliphatic carbocycles. The van der Waals surface area contributed by atoms with Gasteiger partial charge in [0.05, 0.1) is 26.0 Å². The molecule has 1 heterocycles. The molecule has 0 atom stereocenters. The van der Waals surface area contributed by atoms with Gasteiger partial charge in [0.25, 0.3) is 0 Å². The van der Waals surface area contributed by atoms with E-state index in [1.54, 1.807) is 7.11 Å². The highest BCUT2D eigenvalue weighted by Gasteiger charge is 2.33. The van der Waals surface area contributed by atoms with Crippen LogP contribution in [0.5, 0.6) is 5.75 Å². The van der Waals surface area contributed by atoms with Crippen molar-refractivity contribution in [2.75, 3.05) is 32.2 Å². The van der Waals surface area contributed by atoms with E-state index >= 15 is 0 Å². The lowest BCUT2D eigenvalue weighted by Gasteiger charge is -2.38. The van der Waals surface area contributed by atoms with Gasteiger partial charge in [0.2, 0.25) is 0 Å². The van der Waals surface area contributed by atoms with Gasteiger partial charge in [-0.05, 0) is 18.2 Å². The van der Waals surface area contributed by atoms with Crippen molar-refractivity contribution in [3.8, 4) is 5.75 Å². The van der Waals surface area contributed by atoms with Crippen LogP contribution in [0.1, 0.15) is 6.92 Å². The largest absolute Gasteiger partial charge is 0.495 e. The van der Waals surface area contributed by atoms with Crippen molar-refractivity contribution < 1.29 is 9.47 Å². The van der Waals surface area contributed by atoms with Gasteiger partial charge in [0, 0.05) is 17.0 Å². The van der Waals surface area contributed by atoms with Gasteiger partial charge in [-0.25, -0.2) is 0 Å². The second kappa shape index (κ2) is 4.52. The molecule has 0 spiro atoms. The summed E-state index contributed by atoms with van der Waals surface area (Å²) in [6.45, 7) is 4.68. The maximum absolute atomic E-state index is 5.95. The highest BCUT2D eigenvalue weighted by atomic mass is 35.5. The van der Waals surface area contributed by atoms with E-state index in [0.717, 1.165) is 31.2 Å². The Morgan fingerprint density at radius 1 is 1.50 bits per heavy atom. The maximum atomic E-state index is 5.95. The molecule has 0 unspecified atom stereocenters. The van der Waals surface area contributed by atoms with Crippen LogP contribution in [-0.4, -0.2) is 26.9 Å². The van der Waals surface area contributed by atoms with Crippen molar-refractivity contribution in [3.05, 3.63) is 23.2 Å². The number of nitrogens with one attached hydrogen (secondary N) is 1. The van der Waals surface area contributed by atoms with Crippen molar-refractivity contribution in [2.24, 2.45) is 5.41 Å². The van der Waals surface area contributed by atoms with E-state index in [2.05, 4.69) is 12.2 Å². The van der Waals surface area contributed by atoms with E-state index < -0.39 is 0 Å². The first kappa shape index (κ1) is 11.6. The van der Waals surface area contributed by atoms with E-state index in [0.29, 0.717) is 5.02 Å². The number of halogens is 1. The van der Waals surface area contributed by atoms with E-state index in [9.17, 15) is 0 Å². The fourth-order valence-corrected chi connectivity index (χ4v) is 1.85. The fourth-order valence-electron chi connectivity index (χ4n) is 1.68. The molecule has 1 N–H and O–H groups in total. The van der Waals surface area contributed by atoms with E-state index in [-0.39, 0.29) is 5.41 Å². The van der Waals surface area contributed by atoms with Crippen LogP contribution >= 0.6 is 11.6 Å². The molecule has 1 fully saturated rings. The second-order valence-corrected chi connectivity index (χ2v) is 4.94. The molecule has 0 bridgehead atoms. The first-order chi connectivity index (χ1) is 7.63. The molecule has 1 aromatic carbocycles. The Kier molecular flexibility index (Phi) is 3.26. The summed E-state index contributed by atoms with van der Waals surface area (Å²) in [6.07, 6.45) is 0. The van der Waals surface area contributed by atoms with Gasteiger partial charge in [-0.2, -0.15) is 0 Å². The monoisotopic (exact) mass is 241 g/mol. The molecule has 1 aliphatic heterocycles. The molecule has 2 rings (SSSR count). The van der Waals surface area contributed by atoms with Crippen LogP contribution in [0.2, 0.25) is 5.02 Å². The standard InChI is InChI=1S/C12H16ClNO2/c1-12(7-16-8-12)6-14-10-5-9(13)3-4-11(10)15-2/h3-5,14H,6-8H2,1-2H3. The SMILES string of the molecule is COc1ccc(Cl)cc1NCC1(C)COC1. The van der Waals surface area contributed by atoms with E-state index in [1.165, 1.54) is 0 Å². The predicted octanol–water partition coefficient (Wildman–Crippen LogP) is 2.80. The molecule has 1 aromatic rings. The molecule has 88 valence electrons. The first-order valence-electron chi connectivity index (χ1n) is 5.28. The summed E-state index contributed by atoms with van der Waals surface area (Å²) in [5.41, 5.74) is 1.16. The average Bonchev–Trinajstić information content (AvgIpc) is 2.24. The van der Waals surface area contributed by atoms with Crippen molar-refractivity contribution in [2.45, 2.75) is 6.92 Å². The summed E-state index contributed by atoms with van der Waals surface area (Å²) in [5, 5.41) is 4.06. The van der Waals surface area contributed by atoms with Crippen LogP contribution in [0, 0.1) is 5.41 Å². The summed E-state index contributed by atoms with van der Waals surface area (Å²) in [7, 11) is 1.66. The Labute approximate surface area is 101 Å². The van der Waals surface area contributed by atoms with Crippen molar-refractivity contribution in [3.63, 3.8) is 0 Å². The number of benzene rings is 1. The third-order valence-corrected chi connectivity index (χ3v) is 3.00. The van der Waals surface area contributed by atoms with Crippen LogP contribution in [-0.2, 0) is 4.74 Å². The molecule has 0 amide bonds. The van der Waals surface area contributed by atoms with Gasteiger partial charge in [-0.3, -0.25) is 0 Å². The van der Waals surface area contributed by atoms with E-state index in [1.807, 2.05) is 18.2 Å². The molecule has 16 heavy (non-hydrogen) atoms. The second-order valence-electron chi connectivity index (χ2n) is 4.50. The van der Waals surface area contributed by atoms with Gasteiger partial charge in [0.15, 0.2) is 0 Å². The predicted molar refractivity (Wildman–Crippen MR) is 65.4 cm³/mol. The number of rotatable bonds is 4. The molecule has 0 saturated carbocycles. The minimum absolute atomic E-state index is 0.229. The number of methoxy groups -OCH3 is 1. The summed E-state index contributed by atoms with van der Waals surface area (Å²) in [5.74, 6) is 0.813. The van der Waals surface area contributed by atoms with Crippen LogP contribution in [0.25, 0.3) is 0 Å². The minimum atomic E-state index is 0.229. The third-order valence-electron chi connectivity index (χ3n) is 2.77. The summed E-state index contributed by atoms with van der Waals surface area (Å²) < 4.78 is 10.5. The Balaban J connectivity index is 2.04. The third kappa shape index (κ3) is 2.42. The normalized spacial score (nSPS) is 17.7. The Bertz CT molecular complexity index is 377. The molecular formula is C12H16ClNO2. The summed E-state index contributed by atoms with van der Waals surface area (Å²) >= 11 is 5.95. The smallest absolute Gasteiger partial charge is 0.142 e. The highest BCUT2D eigenvalue weighted by Crippen LogP contribution is 2.31. The lowest BCUT2D eigenvalue weighted by atomic mass is 9.88. The Morgan fingerprint density at radius 2 is 2.25 bits per heavy atom. The number of hydrogen-bond donors (Lipinski definition) is 1. The molecule has 1 saturated heterocycles. The molecule has 3 nitrogen and oxygen atoms in total. The van der Waals surface area contributed by atoms with Crippen molar-refractivity contribution in [1.82, 2.24) is 0 Å². The maximum Gasteiger partial charge on any atom is 0.142 e. The van der Waals surface area contributed by atoms with E-state index in [4.69, 9.17) is 21.1 Å². The van der Waals surface area contributed by atoms with Crippen molar-refractivity contribution in [1.29, 1.82) is 0 Å². The van der Waals surface area contributed by atoms with Crippen molar-refractivity contribution >= 4 is 17.3 Å². The lowest BCUT2D eigenvalue weighted by molar-refractivity contribution is -0.0924. The zero-order valence-corrected chi connectivity index (χ0v) is 10.3. The Morgan fingerprint density at radius 3 is 2.81 bits per heavy atom. The summed E-state index contributed by atoms with van der Waals surface area (Å²) in [4.78, 5) is 0. The topological polar surface area (TPSA) is 30.5 Å². The highest BCUT2D eigenvalue weighted by molar-refractivity contribution is 6.30. The van der Waals surface area contributed by atoms with Gasteiger partial charge >= 0.3 is 0 Å². The summed E-state index contributed by atoms with van der Waals surface area (Å²) in [6, 6.07) is 5.56. The van der Waals surface area contributed by atoms with Gasteiger partial charge in [-0.1, -0.05) is 18.5 Å². The molecule has 0 radical (unpaired) electrons. The number of anilines is 1. The van der Waals surface area contributed by atoms with Gasteiger partial charge < -0.3 is 14.8 Å². The zero-order chi connectivity index (χ0) is 11.6. The number of ether oxygens (including phenoxy) is 2. The van der Waals surface area contributed by atoms with Crippen LogP contribution in [0.4, 0.5) is 5.69 Å².